The molecule has 4 nitrogen and oxygen atoms in total. The Morgan fingerprint density at radius 2 is 2.15 bits per heavy atom. The highest BCUT2D eigenvalue weighted by atomic mass is 79.9. The van der Waals surface area contributed by atoms with Gasteiger partial charge in [0.1, 0.15) is 0 Å². The van der Waals surface area contributed by atoms with Gasteiger partial charge >= 0.3 is 0 Å². The van der Waals surface area contributed by atoms with Gasteiger partial charge in [-0.3, -0.25) is 0 Å². The Balaban J connectivity index is 2.29. The van der Waals surface area contributed by atoms with Gasteiger partial charge in [-0.2, -0.15) is 0 Å². The number of sulfonamides is 1. The summed E-state index contributed by atoms with van der Waals surface area (Å²) in [5.41, 5.74) is -0.730. The molecule has 0 aromatic heterocycles. The van der Waals surface area contributed by atoms with Crippen LogP contribution in [0.2, 0.25) is 0 Å². The Morgan fingerprint density at radius 3 is 2.75 bits per heavy atom. The van der Waals surface area contributed by atoms with Gasteiger partial charge in [-0.15, -0.1) is 0 Å². The van der Waals surface area contributed by atoms with Gasteiger partial charge in [0.25, 0.3) is 0 Å². The first-order valence-electron chi connectivity index (χ1n) is 6.78. The molecule has 1 aliphatic carbocycles. The molecule has 1 saturated carbocycles. The van der Waals surface area contributed by atoms with Gasteiger partial charge < -0.3 is 5.11 Å². The third-order valence-electron chi connectivity index (χ3n) is 3.87. The van der Waals surface area contributed by atoms with Crippen molar-refractivity contribution in [2.45, 2.75) is 43.0 Å². The average molecular weight is 362 g/mol. The second kappa shape index (κ2) is 6.13. The standard InChI is InChI=1S/C14H20BrNO3S/c1-11-5-4-8-14(9-11,10-17)16-20(18,19)13-7-3-2-6-12(13)15/h2-3,6-7,11,16-17H,4-5,8-10H2,1H3. The van der Waals surface area contributed by atoms with Crippen LogP contribution in [0.25, 0.3) is 0 Å². The van der Waals surface area contributed by atoms with Crippen LogP contribution in [0.3, 0.4) is 0 Å². The number of hydrogen-bond acceptors (Lipinski definition) is 3. The van der Waals surface area contributed by atoms with E-state index in [0.717, 1.165) is 12.8 Å². The van der Waals surface area contributed by atoms with Crippen molar-refractivity contribution in [3.05, 3.63) is 28.7 Å². The van der Waals surface area contributed by atoms with Crippen LogP contribution in [0.15, 0.2) is 33.6 Å². The van der Waals surface area contributed by atoms with Gasteiger partial charge in [0.2, 0.25) is 10.0 Å². The third-order valence-corrected chi connectivity index (χ3v) is 6.46. The molecule has 1 aromatic rings. The second-order valence-electron chi connectivity index (χ2n) is 5.68. The summed E-state index contributed by atoms with van der Waals surface area (Å²) in [7, 11) is -3.64. The Bertz CT molecular complexity index is 576. The number of benzene rings is 1. The molecule has 0 bridgehead atoms. The van der Waals surface area contributed by atoms with E-state index in [1.54, 1.807) is 24.3 Å². The van der Waals surface area contributed by atoms with E-state index in [1.807, 2.05) is 0 Å². The summed E-state index contributed by atoms with van der Waals surface area (Å²) in [6.07, 6.45) is 3.36. The average Bonchev–Trinajstić information content (AvgIpc) is 2.38. The van der Waals surface area contributed by atoms with E-state index in [1.165, 1.54) is 0 Å². The van der Waals surface area contributed by atoms with Crippen LogP contribution in [-0.2, 0) is 10.0 Å². The normalized spacial score (nSPS) is 27.4. The van der Waals surface area contributed by atoms with E-state index in [0.29, 0.717) is 23.2 Å². The minimum absolute atomic E-state index is 0.166. The maximum absolute atomic E-state index is 12.5. The summed E-state index contributed by atoms with van der Waals surface area (Å²) < 4.78 is 28.3. The zero-order chi connectivity index (χ0) is 14.8. The van der Waals surface area contributed by atoms with Crippen molar-refractivity contribution >= 4 is 26.0 Å². The number of hydrogen-bond donors (Lipinski definition) is 2. The molecule has 0 amide bonds. The molecule has 2 atom stereocenters. The molecule has 2 rings (SSSR count). The second-order valence-corrected chi connectivity index (χ2v) is 8.18. The Morgan fingerprint density at radius 1 is 1.45 bits per heavy atom. The molecule has 0 spiro atoms. The van der Waals surface area contributed by atoms with Crippen molar-refractivity contribution in [3.63, 3.8) is 0 Å². The van der Waals surface area contributed by atoms with Crippen molar-refractivity contribution in [2.75, 3.05) is 6.61 Å². The van der Waals surface area contributed by atoms with E-state index in [4.69, 9.17) is 0 Å². The minimum Gasteiger partial charge on any atom is -0.394 e. The molecule has 1 fully saturated rings. The van der Waals surface area contributed by atoms with Crippen LogP contribution in [0.1, 0.15) is 32.6 Å². The van der Waals surface area contributed by atoms with E-state index in [-0.39, 0.29) is 11.5 Å². The molecule has 1 aliphatic rings. The van der Waals surface area contributed by atoms with Crippen molar-refractivity contribution in [1.29, 1.82) is 0 Å². The van der Waals surface area contributed by atoms with Crippen LogP contribution in [0.4, 0.5) is 0 Å². The molecule has 112 valence electrons. The molecule has 2 N–H and O–H groups in total. The monoisotopic (exact) mass is 361 g/mol. The van der Waals surface area contributed by atoms with Gasteiger partial charge in [0, 0.05) is 4.47 Å². The lowest BCUT2D eigenvalue weighted by atomic mass is 9.78. The van der Waals surface area contributed by atoms with Crippen molar-refractivity contribution in [2.24, 2.45) is 5.92 Å². The first kappa shape index (κ1) is 15.9. The van der Waals surface area contributed by atoms with Gasteiger partial charge in [-0.25, -0.2) is 13.1 Å². The van der Waals surface area contributed by atoms with Crippen molar-refractivity contribution in [3.8, 4) is 0 Å². The highest BCUT2D eigenvalue weighted by Crippen LogP contribution is 2.34. The first-order valence-corrected chi connectivity index (χ1v) is 9.05. The van der Waals surface area contributed by atoms with E-state index >= 15 is 0 Å². The fraction of sp³-hybridized carbons (Fsp3) is 0.571. The lowest BCUT2D eigenvalue weighted by molar-refractivity contribution is 0.119. The number of aliphatic hydroxyl groups is 1. The summed E-state index contributed by atoms with van der Waals surface area (Å²) in [4.78, 5) is 0.214. The summed E-state index contributed by atoms with van der Waals surface area (Å²) in [6, 6.07) is 6.72. The van der Waals surface area contributed by atoms with Gasteiger partial charge in [-0.05, 0) is 46.8 Å². The van der Waals surface area contributed by atoms with Crippen LogP contribution in [0.5, 0.6) is 0 Å². The van der Waals surface area contributed by atoms with E-state index < -0.39 is 15.6 Å². The quantitative estimate of drug-likeness (QED) is 0.866. The summed E-state index contributed by atoms with van der Waals surface area (Å²) in [6.45, 7) is 1.93. The molecule has 6 heteroatoms. The molecule has 0 radical (unpaired) electrons. The largest absolute Gasteiger partial charge is 0.394 e. The van der Waals surface area contributed by atoms with Crippen LogP contribution in [-0.4, -0.2) is 25.7 Å². The van der Waals surface area contributed by atoms with E-state index in [9.17, 15) is 13.5 Å². The van der Waals surface area contributed by atoms with Crippen molar-refractivity contribution in [1.82, 2.24) is 4.72 Å². The van der Waals surface area contributed by atoms with Crippen LogP contribution >= 0.6 is 15.9 Å². The minimum atomic E-state index is -3.64. The molecule has 0 heterocycles. The maximum atomic E-state index is 12.5. The zero-order valence-corrected chi connectivity index (χ0v) is 13.9. The predicted molar refractivity (Wildman–Crippen MR) is 81.9 cm³/mol. The fourth-order valence-electron chi connectivity index (χ4n) is 2.93. The number of rotatable bonds is 4. The molecule has 1 aromatic carbocycles. The fourth-order valence-corrected chi connectivity index (χ4v) is 5.37. The molecule has 20 heavy (non-hydrogen) atoms. The summed E-state index contributed by atoms with van der Waals surface area (Å²) >= 11 is 3.27. The Kier molecular flexibility index (Phi) is 4.89. The SMILES string of the molecule is CC1CCCC(CO)(NS(=O)(=O)c2ccccc2Br)C1. The molecule has 0 saturated heterocycles. The third kappa shape index (κ3) is 3.42. The first-order chi connectivity index (χ1) is 9.38. The van der Waals surface area contributed by atoms with Crippen LogP contribution in [0, 0.1) is 5.92 Å². The number of nitrogens with one attached hydrogen (secondary N) is 1. The lowest BCUT2D eigenvalue weighted by Gasteiger charge is -2.39. The highest BCUT2D eigenvalue weighted by molar-refractivity contribution is 9.10. The maximum Gasteiger partial charge on any atom is 0.242 e. The lowest BCUT2D eigenvalue weighted by Crippen LogP contribution is -2.53. The molecule has 0 aliphatic heterocycles. The number of aliphatic hydroxyl groups excluding tert-OH is 1. The summed E-state index contributed by atoms with van der Waals surface area (Å²) in [5.74, 6) is 0.415. The number of halogens is 1. The Hall–Kier alpha value is -0.430. The highest BCUT2D eigenvalue weighted by Gasteiger charge is 2.38. The van der Waals surface area contributed by atoms with Crippen molar-refractivity contribution < 1.29 is 13.5 Å². The van der Waals surface area contributed by atoms with Gasteiger partial charge in [0.05, 0.1) is 17.0 Å². The molecular formula is C14H20BrNO3S. The topological polar surface area (TPSA) is 66.4 Å². The Labute approximate surface area is 128 Å². The molecule has 2 unspecified atom stereocenters. The smallest absolute Gasteiger partial charge is 0.242 e. The molecular weight excluding hydrogens is 342 g/mol. The van der Waals surface area contributed by atoms with E-state index in [2.05, 4.69) is 27.6 Å². The zero-order valence-electron chi connectivity index (χ0n) is 11.5. The van der Waals surface area contributed by atoms with Gasteiger partial charge in [-0.1, -0.05) is 31.9 Å². The van der Waals surface area contributed by atoms with Gasteiger partial charge in [0.15, 0.2) is 0 Å². The predicted octanol–water partition coefficient (Wildman–Crippen LogP) is 2.67. The van der Waals surface area contributed by atoms with Crippen LogP contribution < -0.4 is 4.72 Å². The summed E-state index contributed by atoms with van der Waals surface area (Å²) in [5, 5.41) is 9.70.